The SMILES string of the molecule is COc1ccc(OCC#CC[NH2+]C2CCCCC2)cc1. The molecule has 0 aliphatic heterocycles. The zero-order valence-corrected chi connectivity index (χ0v) is 12.2. The molecular weight excluding hydrogens is 250 g/mol. The highest BCUT2D eigenvalue weighted by molar-refractivity contribution is 5.31. The Morgan fingerprint density at radius 3 is 2.45 bits per heavy atom. The van der Waals surface area contributed by atoms with Gasteiger partial charge in [-0.2, -0.15) is 0 Å². The number of quaternary nitrogens is 1. The molecule has 108 valence electrons. The van der Waals surface area contributed by atoms with Gasteiger partial charge in [0.1, 0.15) is 24.7 Å². The highest BCUT2D eigenvalue weighted by Crippen LogP contribution is 2.16. The second kappa shape index (κ2) is 8.50. The lowest BCUT2D eigenvalue weighted by molar-refractivity contribution is -0.682. The summed E-state index contributed by atoms with van der Waals surface area (Å²) in [5.41, 5.74) is 0. The Kier molecular flexibility index (Phi) is 6.26. The van der Waals surface area contributed by atoms with Crippen molar-refractivity contribution in [2.45, 2.75) is 38.1 Å². The molecule has 1 fully saturated rings. The van der Waals surface area contributed by atoms with Crippen molar-refractivity contribution < 1.29 is 14.8 Å². The van der Waals surface area contributed by atoms with Crippen LogP contribution in [0, 0.1) is 11.8 Å². The summed E-state index contributed by atoms with van der Waals surface area (Å²) in [5.74, 6) is 7.91. The summed E-state index contributed by atoms with van der Waals surface area (Å²) in [5, 5.41) is 2.37. The Labute approximate surface area is 121 Å². The molecule has 0 spiro atoms. The van der Waals surface area contributed by atoms with Crippen molar-refractivity contribution in [3.05, 3.63) is 24.3 Å². The van der Waals surface area contributed by atoms with Crippen LogP contribution in [0.15, 0.2) is 24.3 Å². The summed E-state index contributed by atoms with van der Waals surface area (Å²) in [7, 11) is 1.66. The number of nitrogens with two attached hydrogens (primary N) is 1. The van der Waals surface area contributed by atoms with Crippen molar-refractivity contribution in [3.8, 4) is 23.3 Å². The van der Waals surface area contributed by atoms with Crippen LogP contribution < -0.4 is 14.8 Å². The Balaban J connectivity index is 1.61. The van der Waals surface area contributed by atoms with Gasteiger partial charge in [0, 0.05) is 0 Å². The van der Waals surface area contributed by atoms with E-state index >= 15 is 0 Å². The number of methoxy groups -OCH3 is 1. The van der Waals surface area contributed by atoms with E-state index < -0.39 is 0 Å². The molecule has 1 saturated carbocycles. The number of hydrogen-bond donors (Lipinski definition) is 1. The average Bonchev–Trinajstić information content (AvgIpc) is 2.52. The summed E-state index contributed by atoms with van der Waals surface area (Å²) in [6.07, 6.45) is 6.88. The van der Waals surface area contributed by atoms with Gasteiger partial charge in [0.25, 0.3) is 0 Å². The maximum absolute atomic E-state index is 5.55. The number of rotatable bonds is 5. The normalized spacial score (nSPS) is 15.2. The molecule has 3 nitrogen and oxygen atoms in total. The van der Waals surface area contributed by atoms with Crippen LogP contribution in [0.4, 0.5) is 0 Å². The predicted octanol–water partition coefficient (Wildman–Crippen LogP) is 1.97. The van der Waals surface area contributed by atoms with Crippen LogP contribution in [-0.4, -0.2) is 26.3 Å². The van der Waals surface area contributed by atoms with Gasteiger partial charge in [0.2, 0.25) is 0 Å². The summed E-state index contributed by atoms with van der Waals surface area (Å²) in [6.45, 7) is 1.33. The quantitative estimate of drug-likeness (QED) is 0.833. The Morgan fingerprint density at radius 2 is 1.75 bits per heavy atom. The molecule has 0 atom stereocenters. The molecule has 0 aromatic heterocycles. The van der Waals surface area contributed by atoms with E-state index in [0.29, 0.717) is 6.61 Å². The van der Waals surface area contributed by atoms with Crippen LogP contribution in [-0.2, 0) is 0 Å². The van der Waals surface area contributed by atoms with Crippen LogP contribution in [0.25, 0.3) is 0 Å². The van der Waals surface area contributed by atoms with Gasteiger partial charge in [-0.05, 0) is 55.9 Å². The van der Waals surface area contributed by atoms with E-state index in [1.54, 1.807) is 7.11 Å². The minimum absolute atomic E-state index is 0.449. The zero-order chi connectivity index (χ0) is 14.0. The molecular formula is C17H24NO2+. The van der Waals surface area contributed by atoms with Gasteiger partial charge in [0.15, 0.2) is 0 Å². The lowest BCUT2D eigenvalue weighted by Crippen LogP contribution is -2.90. The van der Waals surface area contributed by atoms with Crippen LogP contribution in [0.5, 0.6) is 11.5 Å². The Hall–Kier alpha value is -1.66. The summed E-state index contributed by atoms with van der Waals surface area (Å²) >= 11 is 0. The zero-order valence-electron chi connectivity index (χ0n) is 12.2. The van der Waals surface area contributed by atoms with Crippen molar-refractivity contribution >= 4 is 0 Å². The average molecular weight is 274 g/mol. The molecule has 0 heterocycles. The Morgan fingerprint density at radius 1 is 1.05 bits per heavy atom. The van der Waals surface area contributed by atoms with Gasteiger partial charge in [-0.1, -0.05) is 12.3 Å². The molecule has 0 saturated heterocycles. The summed E-state index contributed by atoms with van der Waals surface area (Å²) < 4.78 is 10.7. The van der Waals surface area contributed by atoms with Crippen molar-refractivity contribution in [1.29, 1.82) is 0 Å². The van der Waals surface area contributed by atoms with Crippen LogP contribution in [0.1, 0.15) is 32.1 Å². The molecule has 0 radical (unpaired) electrons. The second-order valence-electron chi connectivity index (χ2n) is 5.16. The minimum Gasteiger partial charge on any atom is -0.497 e. The predicted molar refractivity (Wildman–Crippen MR) is 79.9 cm³/mol. The second-order valence-corrected chi connectivity index (χ2v) is 5.16. The van der Waals surface area contributed by atoms with E-state index in [4.69, 9.17) is 9.47 Å². The molecule has 2 rings (SSSR count). The fraction of sp³-hybridized carbons (Fsp3) is 0.529. The van der Waals surface area contributed by atoms with E-state index in [-0.39, 0.29) is 0 Å². The van der Waals surface area contributed by atoms with E-state index in [1.165, 1.54) is 32.1 Å². The van der Waals surface area contributed by atoms with Crippen molar-refractivity contribution in [2.75, 3.05) is 20.3 Å². The number of benzene rings is 1. The molecule has 0 bridgehead atoms. The third kappa shape index (κ3) is 5.14. The van der Waals surface area contributed by atoms with Crippen LogP contribution in [0.3, 0.4) is 0 Å². The molecule has 2 N–H and O–H groups in total. The maximum atomic E-state index is 5.55. The monoisotopic (exact) mass is 274 g/mol. The van der Waals surface area contributed by atoms with Gasteiger partial charge in [-0.25, -0.2) is 0 Å². The maximum Gasteiger partial charge on any atom is 0.149 e. The lowest BCUT2D eigenvalue weighted by Gasteiger charge is -2.18. The Bertz CT molecular complexity index is 438. The fourth-order valence-electron chi connectivity index (χ4n) is 2.51. The largest absolute Gasteiger partial charge is 0.497 e. The minimum atomic E-state index is 0.449. The number of ether oxygens (including phenoxy) is 2. The van der Waals surface area contributed by atoms with E-state index in [0.717, 1.165) is 24.1 Å². The van der Waals surface area contributed by atoms with E-state index in [2.05, 4.69) is 17.2 Å². The smallest absolute Gasteiger partial charge is 0.149 e. The summed E-state index contributed by atoms with van der Waals surface area (Å²) in [4.78, 5) is 0. The molecule has 20 heavy (non-hydrogen) atoms. The van der Waals surface area contributed by atoms with Gasteiger partial charge in [-0.3, -0.25) is 0 Å². The van der Waals surface area contributed by atoms with Gasteiger partial charge < -0.3 is 14.8 Å². The van der Waals surface area contributed by atoms with Gasteiger partial charge >= 0.3 is 0 Å². The third-order valence-electron chi connectivity index (χ3n) is 3.70. The van der Waals surface area contributed by atoms with Crippen molar-refractivity contribution in [2.24, 2.45) is 0 Å². The van der Waals surface area contributed by atoms with Crippen LogP contribution >= 0.6 is 0 Å². The topological polar surface area (TPSA) is 35.1 Å². The first-order valence-corrected chi connectivity index (χ1v) is 7.44. The molecule has 1 aliphatic rings. The number of hydrogen-bond acceptors (Lipinski definition) is 2. The van der Waals surface area contributed by atoms with Crippen LogP contribution in [0.2, 0.25) is 0 Å². The third-order valence-corrected chi connectivity index (χ3v) is 3.70. The van der Waals surface area contributed by atoms with Crippen molar-refractivity contribution in [3.63, 3.8) is 0 Å². The molecule has 0 unspecified atom stereocenters. The molecule has 3 heteroatoms. The fourth-order valence-corrected chi connectivity index (χ4v) is 2.51. The highest BCUT2D eigenvalue weighted by atomic mass is 16.5. The van der Waals surface area contributed by atoms with Crippen molar-refractivity contribution in [1.82, 2.24) is 0 Å². The highest BCUT2D eigenvalue weighted by Gasteiger charge is 2.14. The lowest BCUT2D eigenvalue weighted by atomic mass is 9.96. The first-order valence-electron chi connectivity index (χ1n) is 7.44. The molecule has 1 aromatic rings. The molecule has 0 amide bonds. The summed E-state index contributed by atoms with van der Waals surface area (Å²) in [6, 6.07) is 8.36. The van der Waals surface area contributed by atoms with E-state index in [1.807, 2.05) is 24.3 Å². The molecule has 1 aliphatic carbocycles. The van der Waals surface area contributed by atoms with Gasteiger partial charge in [0.05, 0.1) is 13.2 Å². The van der Waals surface area contributed by atoms with E-state index in [9.17, 15) is 0 Å². The van der Waals surface area contributed by atoms with Gasteiger partial charge in [-0.15, -0.1) is 0 Å². The standard InChI is InChI=1S/C17H23NO2/c1-19-16-9-11-17(12-10-16)20-14-6-5-13-18-15-7-3-2-4-8-15/h9-12,15,18H,2-4,7-8,13-14H2,1H3/p+1. The first-order chi connectivity index (χ1) is 9.88. The first kappa shape index (κ1) is 14.7. The molecule has 1 aromatic carbocycles.